The van der Waals surface area contributed by atoms with E-state index in [0.717, 1.165) is 17.7 Å². The predicted octanol–water partition coefficient (Wildman–Crippen LogP) is 2.07. The molecule has 1 aromatic rings. The second kappa shape index (κ2) is 9.72. The summed E-state index contributed by atoms with van der Waals surface area (Å²) in [6.07, 6.45) is 1.91. The highest BCUT2D eigenvalue weighted by atomic mass is 35.5. The molecular weight excluding hydrogens is 464 g/mol. The van der Waals surface area contributed by atoms with Crippen molar-refractivity contribution in [3.63, 3.8) is 0 Å². The van der Waals surface area contributed by atoms with Crippen LogP contribution >= 0.6 is 23.4 Å². The molecule has 3 heterocycles. The number of nitrogens with zero attached hydrogens (tertiary/aromatic N) is 1. The maximum Gasteiger partial charge on any atom is 0.246 e. The van der Waals surface area contributed by atoms with Crippen LogP contribution in [0, 0.1) is 5.41 Å². The lowest BCUT2D eigenvalue weighted by Gasteiger charge is -2.36. The van der Waals surface area contributed by atoms with Gasteiger partial charge in [-0.05, 0) is 43.2 Å². The molecule has 1 aromatic carbocycles. The first kappa shape index (κ1) is 24.2. The van der Waals surface area contributed by atoms with Gasteiger partial charge in [-0.15, -0.1) is 11.8 Å². The number of hydrogen-bond donors (Lipinski definition) is 3. The lowest BCUT2D eigenvalue weighted by molar-refractivity contribution is -0.143. The van der Waals surface area contributed by atoms with Gasteiger partial charge in [0.2, 0.25) is 17.7 Å². The average molecular weight is 495 g/mol. The Hall–Kier alpha value is -1.97. The zero-order valence-corrected chi connectivity index (χ0v) is 20.7. The van der Waals surface area contributed by atoms with Crippen molar-refractivity contribution < 1.29 is 19.1 Å². The minimum atomic E-state index is -0.626. The molecule has 4 atom stereocenters. The fourth-order valence-corrected chi connectivity index (χ4v) is 6.76. The number of thioether (sulfide) groups is 1. The summed E-state index contributed by atoms with van der Waals surface area (Å²) < 4.78 is 5.72. The van der Waals surface area contributed by atoms with E-state index in [1.54, 1.807) is 35.8 Å². The molecule has 10 heteroatoms. The quantitative estimate of drug-likeness (QED) is 0.579. The third kappa shape index (κ3) is 4.95. The number of hydrogen-bond acceptors (Lipinski definition) is 6. The molecule has 0 aromatic heterocycles. The maximum absolute atomic E-state index is 13.7. The predicted molar refractivity (Wildman–Crippen MR) is 128 cm³/mol. The van der Waals surface area contributed by atoms with Gasteiger partial charge in [0.15, 0.2) is 0 Å². The van der Waals surface area contributed by atoms with Crippen LogP contribution in [0.2, 0.25) is 5.02 Å². The fraction of sp³-hybridized carbons (Fsp3) is 0.609. The number of carbonyl (C=O) groups is 3. The molecule has 4 unspecified atom stereocenters. The zero-order valence-electron chi connectivity index (χ0n) is 19.2. The van der Waals surface area contributed by atoms with Gasteiger partial charge in [-0.3, -0.25) is 14.4 Å². The van der Waals surface area contributed by atoms with E-state index in [0.29, 0.717) is 30.2 Å². The van der Waals surface area contributed by atoms with Crippen molar-refractivity contribution in [3.8, 4) is 5.75 Å². The Kier molecular flexibility index (Phi) is 7.12. The van der Waals surface area contributed by atoms with Crippen molar-refractivity contribution in [2.75, 3.05) is 26.0 Å². The van der Waals surface area contributed by atoms with Gasteiger partial charge in [0.05, 0.1) is 24.6 Å². The van der Waals surface area contributed by atoms with Crippen LogP contribution in [0.4, 0.5) is 0 Å². The first-order chi connectivity index (χ1) is 15.7. The van der Waals surface area contributed by atoms with E-state index < -0.39 is 17.5 Å². The minimum absolute atomic E-state index is 0.0877. The Morgan fingerprint density at radius 3 is 2.79 bits per heavy atom. The molecule has 180 valence electrons. The van der Waals surface area contributed by atoms with Crippen LogP contribution in [-0.2, 0) is 14.4 Å². The Labute approximate surface area is 203 Å². The summed E-state index contributed by atoms with van der Waals surface area (Å²) in [6.45, 7) is 4.69. The van der Waals surface area contributed by atoms with Crippen molar-refractivity contribution in [2.45, 2.75) is 56.6 Å². The topological polar surface area (TPSA) is 99.8 Å². The van der Waals surface area contributed by atoms with Gasteiger partial charge in [0.1, 0.15) is 17.8 Å². The summed E-state index contributed by atoms with van der Waals surface area (Å²) >= 11 is 7.79. The molecule has 2 saturated heterocycles. The third-order valence-electron chi connectivity index (χ3n) is 6.55. The number of halogens is 1. The largest absolute Gasteiger partial charge is 0.493 e. The van der Waals surface area contributed by atoms with Crippen molar-refractivity contribution >= 4 is 41.1 Å². The molecule has 3 aliphatic heterocycles. The molecular formula is C23H31ClN4O4S. The Morgan fingerprint density at radius 2 is 2.03 bits per heavy atom. The van der Waals surface area contributed by atoms with E-state index in [9.17, 15) is 14.4 Å². The maximum atomic E-state index is 13.7. The second-order valence-electron chi connectivity index (χ2n) is 9.49. The Bertz CT molecular complexity index is 943. The molecule has 0 spiro atoms. The van der Waals surface area contributed by atoms with Crippen LogP contribution in [0.15, 0.2) is 18.2 Å². The van der Waals surface area contributed by atoms with E-state index in [2.05, 4.69) is 16.0 Å². The number of likely N-dealkylation sites (N-methyl/N-ethyl adjacent to an activating group) is 1. The van der Waals surface area contributed by atoms with Gasteiger partial charge in [-0.25, -0.2) is 0 Å². The second-order valence-corrected chi connectivity index (χ2v) is 11.2. The van der Waals surface area contributed by atoms with Crippen LogP contribution in [-0.4, -0.2) is 66.0 Å². The first-order valence-electron chi connectivity index (χ1n) is 11.3. The lowest BCUT2D eigenvalue weighted by atomic mass is 9.83. The van der Waals surface area contributed by atoms with Gasteiger partial charge in [-0.1, -0.05) is 31.5 Å². The van der Waals surface area contributed by atoms with Crippen LogP contribution in [0.3, 0.4) is 0 Å². The number of amides is 3. The molecule has 8 nitrogen and oxygen atoms in total. The van der Waals surface area contributed by atoms with Gasteiger partial charge >= 0.3 is 0 Å². The summed E-state index contributed by atoms with van der Waals surface area (Å²) in [5, 5.41) is 9.32. The SMILES string of the molecule is CNCC(=O)NC1CCSC2CC(C)(C)C(C(=O)NC3CCOc4cc(Cl)ccc43)N2C1=O. The van der Waals surface area contributed by atoms with Gasteiger partial charge in [0.25, 0.3) is 0 Å². The first-order valence-corrected chi connectivity index (χ1v) is 12.7. The molecule has 3 amide bonds. The van der Waals surface area contributed by atoms with Crippen LogP contribution in [0.25, 0.3) is 0 Å². The molecule has 3 aliphatic rings. The monoisotopic (exact) mass is 494 g/mol. The van der Waals surface area contributed by atoms with E-state index in [-0.39, 0.29) is 35.7 Å². The van der Waals surface area contributed by atoms with E-state index >= 15 is 0 Å². The number of carbonyl (C=O) groups excluding carboxylic acids is 3. The number of fused-ring (bicyclic) bond motifs is 2. The van der Waals surface area contributed by atoms with Crippen LogP contribution in [0.5, 0.6) is 5.75 Å². The molecule has 33 heavy (non-hydrogen) atoms. The highest BCUT2D eigenvalue weighted by Crippen LogP contribution is 2.46. The number of ether oxygens (including phenoxy) is 1. The smallest absolute Gasteiger partial charge is 0.246 e. The summed E-state index contributed by atoms with van der Waals surface area (Å²) in [7, 11) is 1.69. The molecule has 0 bridgehead atoms. The molecule has 0 radical (unpaired) electrons. The normalized spacial score (nSPS) is 28.2. The number of benzene rings is 1. The third-order valence-corrected chi connectivity index (χ3v) is 8.04. The minimum Gasteiger partial charge on any atom is -0.493 e. The summed E-state index contributed by atoms with van der Waals surface area (Å²) in [5.41, 5.74) is 0.488. The van der Waals surface area contributed by atoms with Crippen molar-refractivity contribution in [1.29, 1.82) is 0 Å². The summed E-state index contributed by atoms with van der Waals surface area (Å²) in [5.74, 6) is 0.842. The lowest BCUT2D eigenvalue weighted by Crippen LogP contribution is -2.57. The average Bonchev–Trinajstić information content (AvgIpc) is 2.94. The van der Waals surface area contributed by atoms with Crippen LogP contribution in [0.1, 0.15) is 44.7 Å². The van der Waals surface area contributed by atoms with E-state index in [1.807, 2.05) is 19.9 Å². The van der Waals surface area contributed by atoms with Gasteiger partial charge < -0.3 is 25.6 Å². The number of rotatable bonds is 5. The van der Waals surface area contributed by atoms with Crippen molar-refractivity contribution in [2.24, 2.45) is 5.41 Å². The highest BCUT2D eigenvalue weighted by molar-refractivity contribution is 7.99. The summed E-state index contributed by atoms with van der Waals surface area (Å²) in [4.78, 5) is 41.1. The van der Waals surface area contributed by atoms with E-state index in [1.165, 1.54) is 0 Å². The van der Waals surface area contributed by atoms with Crippen LogP contribution < -0.4 is 20.7 Å². The van der Waals surface area contributed by atoms with Gasteiger partial charge in [-0.2, -0.15) is 0 Å². The Balaban J connectivity index is 1.56. The number of nitrogens with one attached hydrogen (secondary N) is 3. The molecule has 0 aliphatic carbocycles. The van der Waals surface area contributed by atoms with E-state index in [4.69, 9.17) is 16.3 Å². The fourth-order valence-electron chi connectivity index (χ4n) is 5.02. The van der Waals surface area contributed by atoms with Crippen molar-refractivity contribution in [1.82, 2.24) is 20.9 Å². The zero-order chi connectivity index (χ0) is 23.8. The molecule has 2 fully saturated rings. The molecule has 3 N–H and O–H groups in total. The summed E-state index contributed by atoms with van der Waals surface area (Å²) in [6, 6.07) is 3.97. The molecule has 0 saturated carbocycles. The molecule has 4 rings (SSSR count). The Morgan fingerprint density at radius 1 is 1.24 bits per heavy atom. The highest BCUT2D eigenvalue weighted by Gasteiger charge is 2.54. The van der Waals surface area contributed by atoms with Crippen molar-refractivity contribution in [3.05, 3.63) is 28.8 Å². The standard InChI is InChI=1S/C23H31ClN4O4S/c1-23(2)11-19-28(22(31)16(7-9-33-19)26-18(29)12-25-3)20(23)21(30)27-15-6-8-32-17-10-13(24)4-5-14(15)17/h4-5,10,15-16,19-20,25H,6-9,11-12H2,1-3H3,(H,26,29)(H,27,30). The van der Waals surface area contributed by atoms with Gasteiger partial charge in [0, 0.05) is 17.0 Å².